The Labute approximate surface area is 158 Å². The van der Waals surface area contributed by atoms with Crippen LogP contribution in [0, 0.1) is 6.92 Å². The first-order valence-corrected chi connectivity index (χ1v) is 9.61. The van der Waals surface area contributed by atoms with Crippen molar-refractivity contribution in [3.05, 3.63) is 36.2 Å². The average Bonchev–Trinajstić information content (AvgIpc) is 3.34. The zero-order chi connectivity index (χ0) is 18.8. The first kappa shape index (κ1) is 18.0. The molecule has 1 aliphatic carbocycles. The standard InChI is InChI=1S/C19H25FN6O/c1-13-10-17(24-19(22-13)26-9-7-21-12-26)18(27)23-15-2-4-16(5-3-15)25-8-6-14(20)11-25/h7,9-10,12,14-16H,2-6,8,11H2,1H3,(H,23,27). The number of carbonyl (C=O) groups is 1. The van der Waals surface area contributed by atoms with E-state index in [2.05, 4.69) is 25.2 Å². The van der Waals surface area contributed by atoms with Crippen molar-refractivity contribution >= 4 is 5.91 Å². The lowest BCUT2D eigenvalue weighted by molar-refractivity contribution is 0.0904. The molecule has 7 nitrogen and oxygen atoms in total. The van der Waals surface area contributed by atoms with Crippen LogP contribution >= 0.6 is 0 Å². The van der Waals surface area contributed by atoms with Crippen LogP contribution in [-0.2, 0) is 0 Å². The Morgan fingerprint density at radius 1 is 1.22 bits per heavy atom. The molecule has 8 heteroatoms. The highest BCUT2D eigenvalue weighted by Crippen LogP contribution is 2.27. The predicted molar refractivity (Wildman–Crippen MR) is 98.5 cm³/mol. The van der Waals surface area contributed by atoms with Gasteiger partial charge < -0.3 is 5.32 Å². The van der Waals surface area contributed by atoms with Crippen LogP contribution in [-0.4, -0.2) is 61.7 Å². The second-order valence-electron chi connectivity index (χ2n) is 7.52. The van der Waals surface area contributed by atoms with Crippen molar-refractivity contribution in [2.45, 2.75) is 57.3 Å². The maximum atomic E-state index is 13.4. The van der Waals surface area contributed by atoms with Gasteiger partial charge in [-0.2, -0.15) is 0 Å². The zero-order valence-electron chi connectivity index (χ0n) is 15.5. The summed E-state index contributed by atoms with van der Waals surface area (Å²) in [5.41, 5.74) is 1.10. The molecule has 0 aromatic carbocycles. The maximum absolute atomic E-state index is 13.4. The van der Waals surface area contributed by atoms with Gasteiger partial charge in [-0.3, -0.25) is 14.3 Å². The van der Waals surface area contributed by atoms with Crippen molar-refractivity contribution in [2.24, 2.45) is 0 Å². The Hall–Kier alpha value is -2.35. The summed E-state index contributed by atoms with van der Waals surface area (Å²) in [6.07, 6.45) is 8.83. The Balaban J connectivity index is 1.36. The molecular formula is C19H25FN6O. The average molecular weight is 372 g/mol. The minimum atomic E-state index is -0.673. The van der Waals surface area contributed by atoms with E-state index >= 15 is 0 Å². The summed E-state index contributed by atoms with van der Waals surface area (Å²) in [5, 5.41) is 3.11. The van der Waals surface area contributed by atoms with Crippen molar-refractivity contribution in [3.63, 3.8) is 0 Å². The number of halogens is 1. The number of alkyl halides is 1. The molecule has 1 saturated carbocycles. The minimum Gasteiger partial charge on any atom is -0.348 e. The third kappa shape index (κ3) is 4.16. The highest BCUT2D eigenvalue weighted by molar-refractivity contribution is 5.92. The lowest BCUT2D eigenvalue weighted by Gasteiger charge is -2.34. The largest absolute Gasteiger partial charge is 0.348 e. The van der Waals surface area contributed by atoms with Crippen LogP contribution in [0.25, 0.3) is 5.95 Å². The number of nitrogens with zero attached hydrogens (tertiary/aromatic N) is 5. The van der Waals surface area contributed by atoms with Gasteiger partial charge in [-0.1, -0.05) is 0 Å². The molecule has 27 heavy (non-hydrogen) atoms. The summed E-state index contributed by atoms with van der Waals surface area (Å²) in [6.45, 7) is 3.28. The molecule has 1 amide bonds. The molecule has 2 aliphatic rings. The molecule has 1 saturated heterocycles. The molecule has 1 atom stereocenters. The van der Waals surface area contributed by atoms with Gasteiger partial charge in [0.2, 0.25) is 5.95 Å². The number of hydrogen-bond donors (Lipinski definition) is 1. The van der Waals surface area contributed by atoms with Gasteiger partial charge in [-0.15, -0.1) is 0 Å². The van der Waals surface area contributed by atoms with Crippen LogP contribution in [0.1, 0.15) is 48.3 Å². The van der Waals surface area contributed by atoms with Crippen LogP contribution < -0.4 is 5.32 Å². The Kier molecular flexibility index (Phi) is 5.15. The number of carbonyl (C=O) groups excluding carboxylic acids is 1. The molecule has 1 N–H and O–H groups in total. The number of hydrogen-bond acceptors (Lipinski definition) is 5. The highest BCUT2D eigenvalue weighted by Gasteiger charge is 2.31. The molecular weight excluding hydrogens is 347 g/mol. The predicted octanol–water partition coefficient (Wildman–Crippen LogP) is 2.06. The SMILES string of the molecule is Cc1cc(C(=O)NC2CCC(N3CCC(F)C3)CC2)nc(-n2ccnc2)n1. The topological polar surface area (TPSA) is 75.9 Å². The molecule has 144 valence electrons. The van der Waals surface area contributed by atoms with E-state index in [4.69, 9.17) is 0 Å². The van der Waals surface area contributed by atoms with Crippen molar-refractivity contribution in [3.8, 4) is 5.95 Å². The third-order valence-corrected chi connectivity index (χ3v) is 5.52. The first-order valence-electron chi connectivity index (χ1n) is 9.61. The normalized spacial score (nSPS) is 26.2. The molecule has 0 bridgehead atoms. The smallest absolute Gasteiger partial charge is 0.270 e. The van der Waals surface area contributed by atoms with Gasteiger partial charge in [0.25, 0.3) is 5.91 Å². The molecule has 2 fully saturated rings. The Bertz CT molecular complexity index is 788. The van der Waals surface area contributed by atoms with Crippen molar-refractivity contribution in [1.29, 1.82) is 0 Å². The lowest BCUT2D eigenvalue weighted by atomic mass is 9.90. The summed E-state index contributed by atoms with van der Waals surface area (Å²) in [4.78, 5) is 27.7. The molecule has 1 aliphatic heterocycles. The number of aryl methyl sites for hydroxylation is 1. The maximum Gasteiger partial charge on any atom is 0.270 e. The Morgan fingerprint density at radius 2 is 2.04 bits per heavy atom. The molecule has 0 radical (unpaired) electrons. The fourth-order valence-corrected chi connectivity index (χ4v) is 4.08. The molecule has 2 aromatic heterocycles. The van der Waals surface area contributed by atoms with E-state index in [1.807, 2.05) is 6.92 Å². The third-order valence-electron chi connectivity index (χ3n) is 5.52. The van der Waals surface area contributed by atoms with Crippen LogP contribution in [0.3, 0.4) is 0 Å². The fraction of sp³-hybridized carbons (Fsp3) is 0.579. The quantitative estimate of drug-likeness (QED) is 0.889. The van der Waals surface area contributed by atoms with E-state index in [1.54, 1.807) is 29.4 Å². The zero-order valence-corrected chi connectivity index (χ0v) is 15.5. The number of amides is 1. The molecule has 1 unspecified atom stereocenters. The van der Waals surface area contributed by atoms with E-state index in [9.17, 15) is 9.18 Å². The van der Waals surface area contributed by atoms with Crippen LogP contribution in [0.2, 0.25) is 0 Å². The first-order chi connectivity index (χ1) is 13.1. The number of imidazole rings is 1. The highest BCUT2D eigenvalue weighted by atomic mass is 19.1. The fourth-order valence-electron chi connectivity index (χ4n) is 4.08. The molecule has 2 aromatic rings. The summed E-state index contributed by atoms with van der Waals surface area (Å²) in [7, 11) is 0. The number of aromatic nitrogens is 4. The van der Waals surface area contributed by atoms with Gasteiger partial charge in [-0.05, 0) is 45.1 Å². The van der Waals surface area contributed by atoms with Crippen LogP contribution in [0.4, 0.5) is 4.39 Å². The second kappa shape index (κ2) is 7.72. The van der Waals surface area contributed by atoms with Crippen molar-refractivity contribution in [2.75, 3.05) is 13.1 Å². The van der Waals surface area contributed by atoms with E-state index in [-0.39, 0.29) is 11.9 Å². The molecule has 4 rings (SSSR count). The monoisotopic (exact) mass is 372 g/mol. The van der Waals surface area contributed by atoms with Crippen LogP contribution in [0.5, 0.6) is 0 Å². The summed E-state index contributed by atoms with van der Waals surface area (Å²) in [6, 6.07) is 2.30. The number of nitrogens with one attached hydrogen (secondary N) is 1. The second-order valence-corrected chi connectivity index (χ2v) is 7.52. The van der Waals surface area contributed by atoms with E-state index in [1.165, 1.54) is 0 Å². The van der Waals surface area contributed by atoms with Gasteiger partial charge in [0, 0.05) is 43.3 Å². The summed E-state index contributed by atoms with van der Waals surface area (Å²) >= 11 is 0. The van der Waals surface area contributed by atoms with Gasteiger partial charge in [0.05, 0.1) is 0 Å². The van der Waals surface area contributed by atoms with Gasteiger partial charge in [-0.25, -0.2) is 19.3 Å². The van der Waals surface area contributed by atoms with Crippen molar-refractivity contribution in [1.82, 2.24) is 29.7 Å². The van der Waals surface area contributed by atoms with Gasteiger partial charge in [0.15, 0.2) is 0 Å². The van der Waals surface area contributed by atoms with Crippen LogP contribution in [0.15, 0.2) is 24.8 Å². The number of rotatable bonds is 4. The van der Waals surface area contributed by atoms with E-state index in [0.717, 1.165) is 37.9 Å². The molecule has 0 spiro atoms. The van der Waals surface area contributed by atoms with Crippen molar-refractivity contribution < 1.29 is 9.18 Å². The van der Waals surface area contributed by atoms with Gasteiger partial charge in [0.1, 0.15) is 18.2 Å². The Morgan fingerprint density at radius 3 is 2.70 bits per heavy atom. The van der Waals surface area contributed by atoms with Gasteiger partial charge >= 0.3 is 0 Å². The summed E-state index contributed by atoms with van der Waals surface area (Å²) < 4.78 is 15.1. The lowest BCUT2D eigenvalue weighted by Crippen LogP contribution is -2.43. The minimum absolute atomic E-state index is 0.143. The number of likely N-dealkylation sites (tertiary alicyclic amines) is 1. The molecule has 3 heterocycles. The van der Waals surface area contributed by atoms with E-state index < -0.39 is 6.17 Å². The van der Waals surface area contributed by atoms with E-state index in [0.29, 0.717) is 30.6 Å². The summed E-state index contributed by atoms with van der Waals surface area (Å²) in [5.74, 6) is 0.270.